The molecule has 112 valence electrons. The Kier molecular flexibility index (Phi) is 5.61. The van der Waals surface area contributed by atoms with Crippen molar-refractivity contribution in [3.8, 4) is 0 Å². The summed E-state index contributed by atoms with van der Waals surface area (Å²) in [5, 5.41) is 9.19. The van der Waals surface area contributed by atoms with Gasteiger partial charge in [0, 0.05) is 19.1 Å². The minimum absolute atomic E-state index is 0.392. The van der Waals surface area contributed by atoms with Crippen LogP contribution in [0.15, 0.2) is 47.5 Å². The van der Waals surface area contributed by atoms with Gasteiger partial charge in [-0.05, 0) is 43.5 Å². The third-order valence-electron chi connectivity index (χ3n) is 3.25. The number of rotatable bonds is 5. The van der Waals surface area contributed by atoms with Gasteiger partial charge in [-0.2, -0.15) is 0 Å². The van der Waals surface area contributed by atoms with Gasteiger partial charge in [-0.15, -0.1) is 0 Å². The zero-order valence-corrected chi connectivity index (χ0v) is 13.2. The second kappa shape index (κ2) is 7.67. The minimum atomic E-state index is 0.392. The Balaban J connectivity index is 1.99. The number of guanidine groups is 1. The Morgan fingerprint density at radius 1 is 1.10 bits per heavy atom. The molecule has 0 heterocycles. The quantitative estimate of drug-likeness (QED) is 0.652. The molecule has 2 rings (SSSR count). The highest BCUT2D eigenvalue weighted by molar-refractivity contribution is 5.83. The molecule has 0 fully saturated rings. The maximum absolute atomic E-state index is 4.62. The van der Waals surface area contributed by atoms with Crippen LogP contribution in [-0.4, -0.2) is 25.1 Å². The molecule has 3 heteroatoms. The summed E-state index contributed by atoms with van der Waals surface area (Å²) in [6, 6.07) is 15.5. The number of hydrogen-bond acceptors (Lipinski definition) is 1. The van der Waals surface area contributed by atoms with Gasteiger partial charge >= 0.3 is 0 Å². The number of fused-ring (bicyclic) bond motifs is 1. The van der Waals surface area contributed by atoms with Crippen molar-refractivity contribution in [2.24, 2.45) is 4.99 Å². The third-order valence-corrected chi connectivity index (χ3v) is 3.25. The molecule has 3 nitrogen and oxygen atoms in total. The lowest BCUT2D eigenvalue weighted by Gasteiger charge is -2.13. The zero-order chi connectivity index (χ0) is 15.1. The average Bonchev–Trinajstić information content (AvgIpc) is 2.47. The van der Waals surface area contributed by atoms with Gasteiger partial charge in [0.05, 0.1) is 0 Å². The molecule has 2 N–H and O–H groups in total. The highest BCUT2D eigenvalue weighted by Crippen LogP contribution is 2.15. The van der Waals surface area contributed by atoms with Gasteiger partial charge in [-0.3, -0.25) is 4.99 Å². The van der Waals surface area contributed by atoms with Gasteiger partial charge in [0.1, 0.15) is 0 Å². The fourth-order valence-corrected chi connectivity index (χ4v) is 2.28. The van der Waals surface area contributed by atoms with Crippen molar-refractivity contribution in [3.05, 3.63) is 48.0 Å². The van der Waals surface area contributed by atoms with E-state index in [9.17, 15) is 0 Å². The fraction of sp³-hybridized carbons (Fsp3) is 0.389. The second-order valence-corrected chi connectivity index (χ2v) is 5.49. The molecule has 2 aromatic carbocycles. The fourth-order valence-electron chi connectivity index (χ4n) is 2.28. The molecule has 0 aliphatic rings. The van der Waals surface area contributed by atoms with Crippen molar-refractivity contribution in [2.75, 3.05) is 13.1 Å². The summed E-state index contributed by atoms with van der Waals surface area (Å²) in [4.78, 5) is 4.62. The molecule has 0 amide bonds. The highest BCUT2D eigenvalue weighted by Gasteiger charge is 2.00. The van der Waals surface area contributed by atoms with E-state index in [1.807, 2.05) is 0 Å². The lowest BCUT2D eigenvalue weighted by Crippen LogP contribution is -2.41. The molecule has 0 unspecified atom stereocenters. The van der Waals surface area contributed by atoms with Crippen molar-refractivity contribution in [1.29, 1.82) is 0 Å². The molecule has 0 aliphatic heterocycles. The minimum Gasteiger partial charge on any atom is -0.357 e. The summed E-state index contributed by atoms with van der Waals surface area (Å²) in [5.74, 6) is 0.897. The van der Waals surface area contributed by atoms with Crippen LogP contribution >= 0.6 is 0 Å². The molecule has 2 aromatic rings. The van der Waals surface area contributed by atoms with E-state index in [-0.39, 0.29) is 0 Å². The molecule has 0 radical (unpaired) electrons. The Morgan fingerprint density at radius 2 is 1.86 bits per heavy atom. The van der Waals surface area contributed by atoms with Crippen molar-refractivity contribution < 1.29 is 0 Å². The molecule has 0 saturated carbocycles. The van der Waals surface area contributed by atoms with Crippen LogP contribution in [0, 0.1) is 0 Å². The standard InChI is InChI=1S/C18H25N3/c1-4-19-18(21-14(2)3)20-12-11-15-9-10-16-7-5-6-8-17(16)13-15/h5-10,13-14H,4,11-12H2,1-3H3,(H2,19,20,21). The molecular formula is C18H25N3. The monoisotopic (exact) mass is 283 g/mol. The second-order valence-electron chi connectivity index (χ2n) is 5.49. The van der Waals surface area contributed by atoms with Gasteiger partial charge in [0.15, 0.2) is 5.96 Å². The Morgan fingerprint density at radius 3 is 2.57 bits per heavy atom. The number of hydrogen-bond donors (Lipinski definition) is 2. The maximum atomic E-state index is 4.62. The van der Waals surface area contributed by atoms with E-state index in [4.69, 9.17) is 0 Å². The lowest BCUT2D eigenvalue weighted by molar-refractivity contribution is 0.700. The number of aliphatic imine (C=N–C) groups is 1. The van der Waals surface area contributed by atoms with Crippen molar-refractivity contribution in [3.63, 3.8) is 0 Å². The van der Waals surface area contributed by atoms with Gasteiger partial charge in [0.2, 0.25) is 0 Å². The molecule has 21 heavy (non-hydrogen) atoms. The molecule has 0 saturated heterocycles. The van der Waals surface area contributed by atoms with Crippen molar-refractivity contribution in [2.45, 2.75) is 33.2 Å². The van der Waals surface area contributed by atoms with Gasteiger partial charge in [-0.25, -0.2) is 0 Å². The van der Waals surface area contributed by atoms with E-state index in [1.54, 1.807) is 0 Å². The summed E-state index contributed by atoms with van der Waals surface area (Å²) in [6.07, 6.45) is 0.958. The first-order valence-electron chi connectivity index (χ1n) is 7.71. The van der Waals surface area contributed by atoms with Crippen LogP contribution in [0.2, 0.25) is 0 Å². The first-order chi connectivity index (χ1) is 10.2. The van der Waals surface area contributed by atoms with Crippen molar-refractivity contribution in [1.82, 2.24) is 10.6 Å². The number of benzene rings is 2. The van der Waals surface area contributed by atoms with Crippen LogP contribution in [0.4, 0.5) is 0 Å². The van der Waals surface area contributed by atoms with Gasteiger partial charge in [-0.1, -0.05) is 42.5 Å². The summed E-state index contributed by atoms with van der Waals surface area (Å²) >= 11 is 0. The summed E-state index contributed by atoms with van der Waals surface area (Å²) in [5.41, 5.74) is 1.33. The maximum Gasteiger partial charge on any atom is 0.191 e. The van der Waals surface area contributed by atoms with Crippen molar-refractivity contribution >= 4 is 16.7 Å². The van der Waals surface area contributed by atoms with Crippen LogP contribution in [0.1, 0.15) is 26.3 Å². The molecule has 0 spiro atoms. The van der Waals surface area contributed by atoms with E-state index in [1.165, 1.54) is 16.3 Å². The SMILES string of the molecule is CCNC(=NCCc1ccc2ccccc2c1)NC(C)C. The van der Waals surface area contributed by atoms with E-state index in [0.29, 0.717) is 6.04 Å². The Bertz CT molecular complexity index is 602. The molecule has 0 atom stereocenters. The summed E-state index contributed by atoms with van der Waals surface area (Å²) in [6.45, 7) is 8.00. The smallest absolute Gasteiger partial charge is 0.191 e. The first kappa shape index (κ1) is 15.4. The van der Waals surface area contributed by atoms with Crippen LogP contribution < -0.4 is 10.6 Å². The Labute approximate surface area is 127 Å². The summed E-state index contributed by atoms with van der Waals surface area (Å²) in [7, 11) is 0. The zero-order valence-electron chi connectivity index (χ0n) is 13.2. The van der Waals surface area contributed by atoms with Crippen LogP contribution in [-0.2, 0) is 6.42 Å². The van der Waals surface area contributed by atoms with Crippen LogP contribution in [0.25, 0.3) is 10.8 Å². The van der Waals surface area contributed by atoms with E-state index < -0.39 is 0 Å². The van der Waals surface area contributed by atoms with E-state index in [2.05, 4.69) is 78.9 Å². The highest BCUT2D eigenvalue weighted by atomic mass is 15.2. The average molecular weight is 283 g/mol. The topological polar surface area (TPSA) is 36.4 Å². The lowest BCUT2D eigenvalue weighted by atomic mass is 10.1. The molecule has 0 aliphatic carbocycles. The predicted molar refractivity (Wildman–Crippen MR) is 91.9 cm³/mol. The number of nitrogens with one attached hydrogen (secondary N) is 2. The van der Waals surface area contributed by atoms with E-state index >= 15 is 0 Å². The third kappa shape index (κ3) is 4.78. The van der Waals surface area contributed by atoms with E-state index in [0.717, 1.165) is 25.5 Å². The Hall–Kier alpha value is -2.03. The molecule has 0 aromatic heterocycles. The van der Waals surface area contributed by atoms with Crippen LogP contribution in [0.5, 0.6) is 0 Å². The summed E-state index contributed by atoms with van der Waals surface area (Å²) < 4.78 is 0. The van der Waals surface area contributed by atoms with Crippen LogP contribution in [0.3, 0.4) is 0 Å². The molecular weight excluding hydrogens is 258 g/mol. The van der Waals surface area contributed by atoms with Gasteiger partial charge < -0.3 is 10.6 Å². The normalized spacial score (nSPS) is 11.9. The number of nitrogens with zero attached hydrogens (tertiary/aromatic N) is 1. The first-order valence-corrected chi connectivity index (χ1v) is 7.71. The molecule has 0 bridgehead atoms. The predicted octanol–water partition coefficient (Wildman–Crippen LogP) is 3.35. The van der Waals surface area contributed by atoms with Gasteiger partial charge in [0.25, 0.3) is 0 Å². The largest absolute Gasteiger partial charge is 0.357 e.